The number of nitrogens with zero attached hydrogens (tertiary/aromatic N) is 1. The number of hydrogen-bond acceptors (Lipinski definition) is 2. The molecule has 2 heterocycles. The summed E-state index contributed by atoms with van der Waals surface area (Å²) >= 11 is 0. The Balaban J connectivity index is 0.00000133. The van der Waals surface area contributed by atoms with Crippen LogP contribution in [-0.4, -0.2) is 25.0 Å². The molecule has 1 aromatic carbocycles. The minimum Gasteiger partial charge on any atom is -0.461 e. The van der Waals surface area contributed by atoms with E-state index in [1.54, 1.807) is 0 Å². The van der Waals surface area contributed by atoms with Crippen LogP contribution >= 0.6 is 12.4 Å². The Bertz CT molecular complexity index is 567. The van der Waals surface area contributed by atoms with Crippen LogP contribution in [0.2, 0.25) is 0 Å². The predicted octanol–water partition coefficient (Wildman–Crippen LogP) is 4.28. The lowest BCUT2D eigenvalue weighted by molar-refractivity contribution is 0.255. The number of rotatable bonds is 1. The number of piperidine rings is 1. The molecule has 2 aromatic rings. The normalized spacial score (nSPS) is 17.6. The van der Waals surface area contributed by atoms with Gasteiger partial charge in [-0.05, 0) is 76.0 Å². The lowest BCUT2D eigenvalue weighted by Gasteiger charge is -2.29. The number of likely N-dealkylation sites (tertiary alicyclic amines) is 1. The van der Waals surface area contributed by atoms with Gasteiger partial charge in [0.1, 0.15) is 11.3 Å². The Hall–Kier alpha value is -0.990. The fourth-order valence-corrected chi connectivity index (χ4v) is 2.96. The summed E-state index contributed by atoms with van der Waals surface area (Å²) in [4.78, 5) is 2.42. The van der Waals surface area contributed by atoms with Crippen molar-refractivity contribution in [3.8, 4) is 0 Å². The highest BCUT2D eigenvalue weighted by molar-refractivity contribution is 5.85. The van der Waals surface area contributed by atoms with Crippen molar-refractivity contribution in [2.75, 3.05) is 20.1 Å². The minimum atomic E-state index is 0. The largest absolute Gasteiger partial charge is 0.461 e. The number of hydrogen-bond donors (Lipinski definition) is 0. The summed E-state index contributed by atoms with van der Waals surface area (Å²) in [5, 5.41) is 1.30. The topological polar surface area (TPSA) is 16.4 Å². The molecule has 2 nitrogen and oxygen atoms in total. The van der Waals surface area contributed by atoms with E-state index in [0.717, 1.165) is 17.3 Å². The van der Waals surface area contributed by atoms with Crippen molar-refractivity contribution in [2.45, 2.75) is 32.6 Å². The standard InChI is InChI=1S/C16H21NO.ClH/c1-11-12(2)18-16-5-4-14(10-15(11)16)13-6-8-17(3)9-7-13;/h4-5,10,13H,6-9H2,1-3H3;1H. The molecule has 0 unspecified atom stereocenters. The van der Waals surface area contributed by atoms with Gasteiger partial charge in [0.25, 0.3) is 0 Å². The van der Waals surface area contributed by atoms with E-state index in [9.17, 15) is 0 Å². The van der Waals surface area contributed by atoms with Gasteiger partial charge in [0, 0.05) is 5.39 Å². The fourth-order valence-electron chi connectivity index (χ4n) is 2.96. The van der Waals surface area contributed by atoms with Gasteiger partial charge >= 0.3 is 0 Å². The Morgan fingerprint density at radius 2 is 1.84 bits per heavy atom. The molecule has 0 amide bonds. The molecule has 3 heteroatoms. The highest BCUT2D eigenvalue weighted by Gasteiger charge is 2.19. The number of furan rings is 1. The van der Waals surface area contributed by atoms with Gasteiger partial charge in [-0.25, -0.2) is 0 Å². The van der Waals surface area contributed by atoms with E-state index in [4.69, 9.17) is 4.42 Å². The molecule has 19 heavy (non-hydrogen) atoms. The molecular formula is C16H22ClNO. The molecule has 1 aliphatic rings. The number of benzene rings is 1. The summed E-state index contributed by atoms with van der Waals surface area (Å²) in [7, 11) is 2.21. The smallest absolute Gasteiger partial charge is 0.134 e. The average molecular weight is 280 g/mol. The van der Waals surface area contributed by atoms with E-state index in [0.29, 0.717) is 0 Å². The maximum Gasteiger partial charge on any atom is 0.134 e. The second kappa shape index (κ2) is 5.56. The SMILES string of the molecule is Cc1oc2ccc(C3CCN(C)CC3)cc2c1C.Cl. The molecule has 0 bridgehead atoms. The van der Waals surface area contributed by atoms with Crippen molar-refractivity contribution < 1.29 is 4.42 Å². The molecule has 0 atom stereocenters. The van der Waals surface area contributed by atoms with Crippen LogP contribution in [0.25, 0.3) is 11.0 Å². The van der Waals surface area contributed by atoms with E-state index < -0.39 is 0 Å². The van der Waals surface area contributed by atoms with E-state index in [1.165, 1.54) is 42.4 Å². The van der Waals surface area contributed by atoms with Crippen LogP contribution < -0.4 is 0 Å². The van der Waals surface area contributed by atoms with Crippen LogP contribution in [-0.2, 0) is 0 Å². The van der Waals surface area contributed by atoms with Gasteiger partial charge in [-0.2, -0.15) is 0 Å². The fraction of sp³-hybridized carbons (Fsp3) is 0.500. The third kappa shape index (κ3) is 2.65. The first-order chi connectivity index (χ1) is 8.65. The zero-order valence-corrected chi connectivity index (χ0v) is 12.7. The molecule has 104 valence electrons. The van der Waals surface area contributed by atoms with Gasteiger partial charge in [-0.3, -0.25) is 0 Å². The Morgan fingerprint density at radius 3 is 2.53 bits per heavy atom. The lowest BCUT2D eigenvalue weighted by Crippen LogP contribution is -2.29. The molecular weight excluding hydrogens is 258 g/mol. The Kier molecular flexibility index (Phi) is 4.22. The molecule has 0 spiro atoms. The summed E-state index contributed by atoms with van der Waals surface area (Å²) in [5.41, 5.74) is 3.81. The highest BCUT2D eigenvalue weighted by Crippen LogP contribution is 2.32. The zero-order chi connectivity index (χ0) is 12.7. The van der Waals surface area contributed by atoms with Crippen LogP contribution in [0.1, 0.15) is 35.6 Å². The maximum atomic E-state index is 5.75. The third-order valence-electron chi connectivity index (χ3n) is 4.39. The van der Waals surface area contributed by atoms with Crippen molar-refractivity contribution in [3.63, 3.8) is 0 Å². The average Bonchev–Trinajstić information content (AvgIpc) is 2.66. The van der Waals surface area contributed by atoms with Gasteiger partial charge in [0.05, 0.1) is 0 Å². The van der Waals surface area contributed by atoms with Gasteiger partial charge in [-0.15, -0.1) is 12.4 Å². The van der Waals surface area contributed by atoms with Crippen molar-refractivity contribution >= 4 is 23.4 Å². The van der Waals surface area contributed by atoms with Crippen LogP contribution in [0.3, 0.4) is 0 Å². The number of halogens is 1. The first kappa shape index (κ1) is 14.4. The minimum absolute atomic E-state index is 0. The number of fused-ring (bicyclic) bond motifs is 1. The van der Waals surface area contributed by atoms with Crippen molar-refractivity contribution in [2.24, 2.45) is 0 Å². The van der Waals surface area contributed by atoms with Crippen molar-refractivity contribution in [3.05, 3.63) is 35.1 Å². The maximum absolute atomic E-state index is 5.75. The van der Waals surface area contributed by atoms with E-state index in [1.807, 2.05) is 6.92 Å². The monoisotopic (exact) mass is 279 g/mol. The summed E-state index contributed by atoms with van der Waals surface area (Å²) in [6.07, 6.45) is 2.55. The van der Waals surface area contributed by atoms with Gasteiger partial charge < -0.3 is 9.32 Å². The number of aryl methyl sites for hydroxylation is 2. The molecule has 1 aromatic heterocycles. The molecule has 0 saturated carbocycles. The quantitative estimate of drug-likeness (QED) is 0.775. The molecule has 1 saturated heterocycles. The molecule has 3 rings (SSSR count). The molecule has 0 aliphatic carbocycles. The first-order valence-electron chi connectivity index (χ1n) is 6.83. The summed E-state index contributed by atoms with van der Waals surface area (Å²) < 4.78 is 5.75. The molecule has 1 aliphatic heterocycles. The summed E-state index contributed by atoms with van der Waals surface area (Å²) in [6, 6.07) is 6.74. The van der Waals surface area contributed by atoms with E-state index >= 15 is 0 Å². The summed E-state index contributed by atoms with van der Waals surface area (Å²) in [5.74, 6) is 1.77. The van der Waals surface area contributed by atoms with Crippen LogP contribution in [0.5, 0.6) is 0 Å². The summed E-state index contributed by atoms with van der Waals surface area (Å²) in [6.45, 7) is 6.63. The predicted molar refractivity (Wildman–Crippen MR) is 82.4 cm³/mol. The highest BCUT2D eigenvalue weighted by atomic mass is 35.5. The van der Waals surface area contributed by atoms with Crippen LogP contribution in [0.15, 0.2) is 22.6 Å². The first-order valence-corrected chi connectivity index (χ1v) is 6.83. The molecule has 0 N–H and O–H groups in total. The van der Waals surface area contributed by atoms with Crippen LogP contribution in [0, 0.1) is 13.8 Å². The Labute approximate surface area is 121 Å². The van der Waals surface area contributed by atoms with Gasteiger partial charge in [0.2, 0.25) is 0 Å². The van der Waals surface area contributed by atoms with Gasteiger partial charge in [0.15, 0.2) is 0 Å². The second-order valence-electron chi connectivity index (χ2n) is 5.62. The lowest BCUT2D eigenvalue weighted by atomic mass is 9.89. The van der Waals surface area contributed by atoms with Crippen LogP contribution in [0.4, 0.5) is 0 Å². The second-order valence-corrected chi connectivity index (χ2v) is 5.62. The van der Waals surface area contributed by atoms with E-state index in [2.05, 4.69) is 37.1 Å². The Morgan fingerprint density at radius 1 is 1.16 bits per heavy atom. The van der Waals surface area contributed by atoms with Crippen molar-refractivity contribution in [1.82, 2.24) is 4.90 Å². The molecule has 1 fully saturated rings. The van der Waals surface area contributed by atoms with Gasteiger partial charge in [-0.1, -0.05) is 6.07 Å². The van der Waals surface area contributed by atoms with E-state index in [-0.39, 0.29) is 12.4 Å². The zero-order valence-electron chi connectivity index (χ0n) is 11.9. The third-order valence-corrected chi connectivity index (χ3v) is 4.39. The molecule has 0 radical (unpaired) electrons. The van der Waals surface area contributed by atoms with Crippen molar-refractivity contribution in [1.29, 1.82) is 0 Å².